The van der Waals surface area contributed by atoms with E-state index in [1.54, 1.807) is 0 Å². The lowest BCUT2D eigenvalue weighted by atomic mass is 10.0. The zero-order valence-electron chi connectivity index (χ0n) is 14.2. The molecule has 5 nitrogen and oxygen atoms in total. The third kappa shape index (κ3) is 4.12. The summed E-state index contributed by atoms with van der Waals surface area (Å²) >= 11 is 6.24. The van der Waals surface area contributed by atoms with Crippen molar-refractivity contribution in [1.82, 2.24) is 4.98 Å². The average molecular weight is 382 g/mol. The van der Waals surface area contributed by atoms with Crippen LogP contribution < -0.4 is 0 Å². The summed E-state index contributed by atoms with van der Waals surface area (Å²) in [6.45, 7) is 4.05. The second kappa shape index (κ2) is 6.92. The summed E-state index contributed by atoms with van der Waals surface area (Å²) in [5, 5.41) is 1.26. The topological polar surface area (TPSA) is 73.3 Å². The normalized spacial score (nSPS) is 19.2. The summed E-state index contributed by atoms with van der Waals surface area (Å²) in [5.41, 5.74) is 3.70. The predicted molar refractivity (Wildman–Crippen MR) is 97.4 cm³/mol. The molecule has 1 aromatic heterocycles. The van der Waals surface area contributed by atoms with Gasteiger partial charge in [-0.1, -0.05) is 23.7 Å². The van der Waals surface area contributed by atoms with Crippen LogP contribution in [0.15, 0.2) is 18.2 Å². The van der Waals surface area contributed by atoms with Crippen molar-refractivity contribution in [2.75, 3.05) is 11.5 Å². The highest BCUT2D eigenvalue weighted by Gasteiger charge is 2.29. The first-order valence-electron chi connectivity index (χ1n) is 8.16. The van der Waals surface area contributed by atoms with E-state index in [-0.39, 0.29) is 30.5 Å². The van der Waals surface area contributed by atoms with Crippen LogP contribution in [0, 0.1) is 19.8 Å². The van der Waals surface area contributed by atoms with E-state index in [4.69, 9.17) is 16.3 Å². The molecule has 1 aliphatic heterocycles. The van der Waals surface area contributed by atoms with Crippen molar-refractivity contribution in [1.29, 1.82) is 0 Å². The van der Waals surface area contributed by atoms with Gasteiger partial charge in [-0.25, -0.2) is 13.4 Å². The Labute approximate surface area is 152 Å². The number of halogens is 1. The van der Waals surface area contributed by atoms with Crippen LogP contribution in [0.25, 0.3) is 10.9 Å². The van der Waals surface area contributed by atoms with Gasteiger partial charge in [0, 0.05) is 17.4 Å². The molecule has 0 N–H and O–H groups in total. The van der Waals surface area contributed by atoms with Crippen LogP contribution in [-0.2, 0) is 26.0 Å². The molecule has 25 heavy (non-hydrogen) atoms. The number of hydrogen-bond donors (Lipinski definition) is 0. The first-order chi connectivity index (χ1) is 11.7. The van der Waals surface area contributed by atoms with Gasteiger partial charge >= 0.3 is 5.97 Å². The van der Waals surface area contributed by atoms with Gasteiger partial charge in [0.05, 0.1) is 17.0 Å². The molecule has 0 saturated carbocycles. The van der Waals surface area contributed by atoms with E-state index < -0.39 is 15.8 Å². The lowest BCUT2D eigenvalue weighted by Gasteiger charge is -2.11. The standard InChI is InChI=1S/C18H20ClNO4S/c1-11-3-4-14-8-15(18(19)20-17(14)12(11)2)9-24-16(21)7-13-5-6-25(22,23)10-13/h3-4,8,13H,5-7,9-10H2,1-2H3/t13-/m1/s1. The number of rotatable bonds is 4. The zero-order valence-corrected chi connectivity index (χ0v) is 15.8. The lowest BCUT2D eigenvalue weighted by Crippen LogP contribution is -2.13. The van der Waals surface area contributed by atoms with Crippen LogP contribution in [0.5, 0.6) is 0 Å². The highest BCUT2D eigenvalue weighted by molar-refractivity contribution is 7.91. The summed E-state index contributed by atoms with van der Waals surface area (Å²) in [4.78, 5) is 16.4. The number of esters is 1. The maximum Gasteiger partial charge on any atom is 0.306 e. The van der Waals surface area contributed by atoms with Gasteiger partial charge in [0.2, 0.25) is 0 Å². The van der Waals surface area contributed by atoms with Crippen molar-refractivity contribution in [3.05, 3.63) is 40.0 Å². The van der Waals surface area contributed by atoms with Crippen LogP contribution in [0.4, 0.5) is 0 Å². The Morgan fingerprint density at radius 1 is 1.36 bits per heavy atom. The number of carbonyl (C=O) groups excluding carboxylic acids is 1. The summed E-state index contributed by atoms with van der Waals surface area (Å²) < 4.78 is 28.2. The molecule has 0 spiro atoms. The van der Waals surface area contributed by atoms with Gasteiger partial charge in [0.25, 0.3) is 0 Å². The number of sulfone groups is 1. The fourth-order valence-corrected chi connectivity index (χ4v) is 5.15. The number of carbonyl (C=O) groups is 1. The summed E-state index contributed by atoms with van der Waals surface area (Å²) in [7, 11) is -2.99. The number of fused-ring (bicyclic) bond motifs is 1. The molecule has 3 rings (SSSR count). The number of hydrogen-bond acceptors (Lipinski definition) is 5. The number of pyridine rings is 1. The summed E-state index contributed by atoms with van der Waals surface area (Å²) in [6.07, 6.45) is 0.643. The van der Waals surface area contributed by atoms with Crippen LogP contribution in [0.2, 0.25) is 5.15 Å². The summed E-state index contributed by atoms with van der Waals surface area (Å²) in [5.74, 6) is -0.324. The number of aromatic nitrogens is 1. The molecule has 0 unspecified atom stereocenters. The number of nitrogens with zero attached hydrogens (tertiary/aromatic N) is 1. The van der Waals surface area contributed by atoms with E-state index >= 15 is 0 Å². The fourth-order valence-electron chi connectivity index (χ4n) is 3.09. The molecule has 1 aromatic carbocycles. The van der Waals surface area contributed by atoms with Crippen LogP contribution in [0.1, 0.15) is 29.5 Å². The third-order valence-corrected chi connectivity index (χ3v) is 6.87. The van der Waals surface area contributed by atoms with Gasteiger partial charge in [0.1, 0.15) is 11.8 Å². The molecule has 0 bridgehead atoms. The Morgan fingerprint density at radius 2 is 2.12 bits per heavy atom. The number of aryl methyl sites for hydroxylation is 2. The number of benzene rings is 1. The minimum atomic E-state index is -2.99. The maximum atomic E-state index is 12.0. The first kappa shape index (κ1) is 18.1. The summed E-state index contributed by atoms with van der Waals surface area (Å²) in [6, 6.07) is 5.86. The fraction of sp³-hybridized carbons (Fsp3) is 0.444. The van der Waals surface area contributed by atoms with Crippen LogP contribution >= 0.6 is 11.6 Å². The molecule has 0 radical (unpaired) electrons. The van der Waals surface area contributed by atoms with E-state index in [0.29, 0.717) is 17.1 Å². The molecule has 0 aliphatic carbocycles. The smallest absolute Gasteiger partial charge is 0.306 e. The third-order valence-electron chi connectivity index (χ3n) is 4.71. The number of ether oxygens (including phenoxy) is 1. The average Bonchev–Trinajstić information content (AvgIpc) is 2.88. The van der Waals surface area contributed by atoms with Crippen LogP contribution in [0.3, 0.4) is 0 Å². The van der Waals surface area contributed by atoms with E-state index in [2.05, 4.69) is 4.98 Å². The molecular weight excluding hydrogens is 362 g/mol. The van der Waals surface area contributed by atoms with Crippen molar-refractivity contribution < 1.29 is 17.9 Å². The SMILES string of the molecule is Cc1ccc2cc(COC(=O)C[C@H]3CCS(=O)(=O)C3)c(Cl)nc2c1C. The molecular formula is C18H20ClNO4S. The largest absolute Gasteiger partial charge is 0.461 e. The van der Waals surface area contributed by atoms with E-state index in [1.165, 1.54) is 0 Å². The molecule has 2 heterocycles. The van der Waals surface area contributed by atoms with Gasteiger partial charge in [0.15, 0.2) is 9.84 Å². The highest BCUT2D eigenvalue weighted by atomic mass is 35.5. The molecule has 1 aliphatic rings. The molecule has 1 atom stereocenters. The van der Waals surface area contributed by atoms with Crippen molar-refractivity contribution in [2.45, 2.75) is 33.3 Å². The Morgan fingerprint density at radius 3 is 2.80 bits per heavy atom. The van der Waals surface area contributed by atoms with E-state index in [0.717, 1.165) is 22.0 Å². The molecule has 134 valence electrons. The predicted octanol–water partition coefficient (Wildman–Crippen LogP) is 3.37. The van der Waals surface area contributed by atoms with Gasteiger partial charge in [-0.15, -0.1) is 0 Å². The van der Waals surface area contributed by atoms with Gasteiger partial charge < -0.3 is 4.74 Å². The Bertz CT molecular complexity index is 940. The quantitative estimate of drug-likeness (QED) is 0.599. The maximum absolute atomic E-state index is 12.0. The van der Waals surface area contributed by atoms with Crippen molar-refractivity contribution in [2.24, 2.45) is 5.92 Å². The lowest BCUT2D eigenvalue weighted by molar-refractivity contribution is -0.145. The second-order valence-corrected chi connectivity index (χ2v) is 9.24. The van der Waals surface area contributed by atoms with Gasteiger partial charge in [-0.2, -0.15) is 0 Å². The molecule has 0 amide bonds. The molecule has 1 fully saturated rings. The first-order valence-corrected chi connectivity index (χ1v) is 10.4. The Kier molecular flexibility index (Phi) is 5.02. The Balaban J connectivity index is 1.68. The molecule has 1 saturated heterocycles. The van der Waals surface area contributed by atoms with Gasteiger partial charge in [-0.3, -0.25) is 4.79 Å². The van der Waals surface area contributed by atoms with Crippen molar-refractivity contribution in [3.63, 3.8) is 0 Å². The highest BCUT2D eigenvalue weighted by Crippen LogP contribution is 2.26. The van der Waals surface area contributed by atoms with E-state index in [9.17, 15) is 13.2 Å². The Hall–Kier alpha value is -1.66. The second-order valence-electron chi connectivity index (χ2n) is 6.65. The molecule has 2 aromatic rings. The van der Waals surface area contributed by atoms with Crippen molar-refractivity contribution in [3.8, 4) is 0 Å². The zero-order chi connectivity index (χ0) is 18.2. The monoisotopic (exact) mass is 381 g/mol. The van der Waals surface area contributed by atoms with Gasteiger partial charge in [-0.05, 0) is 43.4 Å². The molecule has 7 heteroatoms. The minimum Gasteiger partial charge on any atom is -0.461 e. The van der Waals surface area contributed by atoms with E-state index in [1.807, 2.05) is 32.0 Å². The minimum absolute atomic E-state index is 0.0347. The van der Waals surface area contributed by atoms with Crippen LogP contribution in [-0.4, -0.2) is 30.9 Å². The van der Waals surface area contributed by atoms with Crippen molar-refractivity contribution >= 4 is 38.3 Å².